The molecule has 0 radical (unpaired) electrons. The average molecular weight is 365 g/mol. The Labute approximate surface area is 150 Å². The molecule has 2 heterocycles. The third-order valence-corrected chi connectivity index (χ3v) is 4.11. The quantitative estimate of drug-likeness (QED) is 0.852. The monoisotopic (exact) mass is 364 g/mol. The van der Waals surface area contributed by atoms with Crippen molar-refractivity contribution in [2.24, 2.45) is 0 Å². The number of aromatic amines is 1. The maximum atomic E-state index is 12.6. The molecule has 1 aliphatic rings. The minimum atomic E-state index is -0.599. The number of carbonyl (C=O) groups excluding carboxylic acids is 2. The number of H-pyrrole nitrogens is 1. The number of imidazole rings is 1. The minimum Gasteiger partial charge on any atom is -0.444 e. The fraction of sp³-hybridized carbons (Fsp3) is 0.471. The number of anilines is 1. The number of hydrogen-bond donors (Lipinski definition) is 2. The summed E-state index contributed by atoms with van der Waals surface area (Å²) < 4.78 is 5.38. The van der Waals surface area contributed by atoms with Crippen molar-refractivity contribution in [2.45, 2.75) is 45.3 Å². The molecule has 1 fully saturated rings. The van der Waals surface area contributed by atoms with Gasteiger partial charge in [0.05, 0.1) is 11.0 Å². The van der Waals surface area contributed by atoms with Crippen LogP contribution >= 0.6 is 11.6 Å². The summed E-state index contributed by atoms with van der Waals surface area (Å²) in [6, 6.07) is 4.69. The first-order valence-corrected chi connectivity index (χ1v) is 8.56. The van der Waals surface area contributed by atoms with Gasteiger partial charge in [-0.15, -0.1) is 0 Å². The summed E-state index contributed by atoms with van der Waals surface area (Å²) in [7, 11) is 0. The van der Waals surface area contributed by atoms with E-state index >= 15 is 0 Å². The summed E-state index contributed by atoms with van der Waals surface area (Å²) in [6.45, 7) is 5.91. The zero-order chi connectivity index (χ0) is 18.2. The van der Waals surface area contributed by atoms with Gasteiger partial charge in [-0.25, -0.2) is 9.78 Å². The van der Waals surface area contributed by atoms with Crippen molar-refractivity contribution in [3.8, 4) is 0 Å². The Morgan fingerprint density at radius 3 is 2.88 bits per heavy atom. The fourth-order valence-corrected chi connectivity index (χ4v) is 2.98. The predicted octanol–water partition coefficient (Wildman–Crippen LogP) is 3.55. The molecular formula is C17H21ClN4O3. The Morgan fingerprint density at radius 1 is 1.40 bits per heavy atom. The van der Waals surface area contributed by atoms with Gasteiger partial charge in [-0.3, -0.25) is 15.0 Å². The highest BCUT2D eigenvalue weighted by molar-refractivity contribution is 6.31. The van der Waals surface area contributed by atoms with Gasteiger partial charge in [-0.2, -0.15) is 0 Å². The van der Waals surface area contributed by atoms with Gasteiger partial charge in [0.2, 0.25) is 11.9 Å². The third-order valence-electron chi connectivity index (χ3n) is 3.87. The van der Waals surface area contributed by atoms with Gasteiger partial charge in [0.25, 0.3) is 0 Å². The fourth-order valence-electron chi connectivity index (χ4n) is 2.82. The Hall–Kier alpha value is -2.28. The molecule has 0 aliphatic carbocycles. The van der Waals surface area contributed by atoms with Crippen LogP contribution in [0.15, 0.2) is 18.2 Å². The zero-order valence-corrected chi connectivity index (χ0v) is 15.2. The number of aromatic nitrogens is 2. The first-order chi connectivity index (χ1) is 11.7. The van der Waals surface area contributed by atoms with Crippen molar-refractivity contribution in [1.82, 2.24) is 14.9 Å². The standard InChI is InChI=1S/C17H21ClN4O3/c1-17(2,3)25-16(24)22-8-4-5-13(22)14(23)21-15-19-11-7-6-10(18)9-12(11)20-15/h6-7,9,13H,4-5,8H2,1-3H3,(H2,19,20,21,23)/t13-/m0/s1. The molecule has 1 atom stereocenters. The maximum absolute atomic E-state index is 12.6. The smallest absolute Gasteiger partial charge is 0.410 e. The molecule has 134 valence electrons. The Bertz CT molecular complexity index is 812. The largest absolute Gasteiger partial charge is 0.444 e. The van der Waals surface area contributed by atoms with Gasteiger partial charge in [-0.1, -0.05) is 11.6 Å². The van der Waals surface area contributed by atoms with E-state index in [0.717, 1.165) is 11.9 Å². The highest BCUT2D eigenvalue weighted by Gasteiger charge is 2.36. The van der Waals surface area contributed by atoms with E-state index in [0.29, 0.717) is 29.5 Å². The summed E-state index contributed by atoms with van der Waals surface area (Å²) in [6.07, 6.45) is 0.881. The van der Waals surface area contributed by atoms with Gasteiger partial charge in [0.1, 0.15) is 11.6 Å². The molecule has 1 aromatic heterocycles. The predicted molar refractivity (Wildman–Crippen MR) is 95.7 cm³/mol. The van der Waals surface area contributed by atoms with Crippen LogP contribution in [0.2, 0.25) is 5.02 Å². The molecule has 3 rings (SSSR count). The van der Waals surface area contributed by atoms with Gasteiger partial charge in [0.15, 0.2) is 0 Å². The van der Waals surface area contributed by atoms with Crippen molar-refractivity contribution < 1.29 is 14.3 Å². The summed E-state index contributed by atoms with van der Waals surface area (Å²) in [4.78, 5) is 33.7. The number of halogens is 1. The SMILES string of the molecule is CC(C)(C)OC(=O)N1CCC[C@H]1C(=O)Nc1nc2cc(Cl)ccc2[nH]1. The number of nitrogens with zero attached hydrogens (tertiary/aromatic N) is 2. The lowest BCUT2D eigenvalue weighted by Gasteiger charge is -2.27. The summed E-state index contributed by atoms with van der Waals surface area (Å²) in [5.41, 5.74) is 0.840. The van der Waals surface area contributed by atoms with Crippen molar-refractivity contribution in [3.63, 3.8) is 0 Å². The van der Waals surface area contributed by atoms with Crippen LogP contribution in [0.5, 0.6) is 0 Å². The van der Waals surface area contributed by atoms with Gasteiger partial charge in [0, 0.05) is 11.6 Å². The molecule has 7 nitrogen and oxygen atoms in total. The van der Waals surface area contributed by atoms with E-state index in [9.17, 15) is 9.59 Å². The number of carbonyl (C=O) groups is 2. The van der Waals surface area contributed by atoms with Gasteiger partial charge < -0.3 is 9.72 Å². The van der Waals surface area contributed by atoms with Crippen molar-refractivity contribution in [2.75, 3.05) is 11.9 Å². The Kier molecular flexibility index (Phi) is 4.60. The van der Waals surface area contributed by atoms with Crippen molar-refractivity contribution in [3.05, 3.63) is 23.2 Å². The molecule has 1 aromatic carbocycles. The summed E-state index contributed by atoms with van der Waals surface area (Å²) >= 11 is 5.94. The van der Waals surface area contributed by atoms with Gasteiger partial charge >= 0.3 is 6.09 Å². The van der Waals surface area contributed by atoms with Crippen LogP contribution in [0.1, 0.15) is 33.6 Å². The molecule has 1 saturated heterocycles. The lowest BCUT2D eigenvalue weighted by Crippen LogP contribution is -2.45. The topological polar surface area (TPSA) is 87.3 Å². The van der Waals surface area contributed by atoms with Crippen LogP contribution in [0, 0.1) is 0 Å². The molecular weight excluding hydrogens is 344 g/mol. The minimum absolute atomic E-state index is 0.284. The van der Waals surface area contributed by atoms with E-state index in [-0.39, 0.29) is 5.91 Å². The Balaban J connectivity index is 1.71. The number of hydrogen-bond acceptors (Lipinski definition) is 4. The molecule has 8 heteroatoms. The third kappa shape index (κ3) is 4.04. The van der Waals surface area contributed by atoms with E-state index in [2.05, 4.69) is 15.3 Å². The number of benzene rings is 1. The first-order valence-electron chi connectivity index (χ1n) is 8.19. The van der Waals surface area contributed by atoms with Crippen LogP contribution in [0.25, 0.3) is 11.0 Å². The van der Waals surface area contributed by atoms with E-state index in [1.807, 2.05) is 0 Å². The molecule has 25 heavy (non-hydrogen) atoms. The van der Waals surface area contributed by atoms with Gasteiger partial charge in [-0.05, 0) is 51.8 Å². The van der Waals surface area contributed by atoms with Crippen LogP contribution in [-0.4, -0.2) is 45.1 Å². The number of fused-ring (bicyclic) bond motifs is 1. The molecule has 2 N–H and O–H groups in total. The number of ether oxygens (including phenoxy) is 1. The molecule has 0 bridgehead atoms. The second kappa shape index (κ2) is 6.55. The zero-order valence-electron chi connectivity index (χ0n) is 14.4. The summed E-state index contributed by atoms with van der Waals surface area (Å²) in [5, 5.41) is 3.32. The number of rotatable bonds is 2. The van der Waals surface area contributed by atoms with E-state index in [1.54, 1.807) is 39.0 Å². The first kappa shape index (κ1) is 17.5. The van der Waals surface area contributed by atoms with Crippen molar-refractivity contribution >= 4 is 40.6 Å². The molecule has 0 unspecified atom stereocenters. The molecule has 2 amide bonds. The van der Waals surface area contributed by atoms with Crippen LogP contribution in [-0.2, 0) is 9.53 Å². The second-order valence-corrected chi connectivity index (χ2v) is 7.50. The number of likely N-dealkylation sites (tertiary alicyclic amines) is 1. The lowest BCUT2D eigenvalue weighted by atomic mass is 10.2. The molecule has 0 saturated carbocycles. The van der Waals surface area contributed by atoms with E-state index < -0.39 is 17.7 Å². The lowest BCUT2D eigenvalue weighted by molar-refractivity contribution is -0.120. The maximum Gasteiger partial charge on any atom is 0.410 e. The average Bonchev–Trinajstić information content (AvgIpc) is 3.10. The number of amides is 2. The van der Waals surface area contributed by atoms with Crippen LogP contribution in [0.4, 0.5) is 10.7 Å². The second-order valence-electron chi connectivity index (χ2n) is 7.07. The highest BCUT2D eigenvalue weighted by Crippen LogP contribution is 2.23. The normalized spacial score (nSPS) is 17.8. The number of nitrogens with one attached hydrogen (secondary N) is 2. The van der Waals surface area contributed by atoms with E-state index in [1.165, 1.54) is 4.90 Å². The Morgan fingerprint density at radius 2 is 2.16 bits per heavy atom. The van der Waals surface area contributed by atoms with E-state index in [4.69, 9.17) is 16.3 Å². The highest BCUT2D eigenvalue weighted by atomic mass is 35.5. The van der Waals surface area contributed by atoms with Crippen LogP contribution in [0.3, 0.4) is 0 Å². The molecule has 1 aliphatic heterocycles. The van der Waals surface area contributed by atoms with Crippen molar-refractivity contribution in [1.29, 1.82) is 0 Å². The van der Waals surface area contributed by atoms with Crippen LogP contribution < -0.4 is 5.32 Å². The molecule has 2 aromatic rings. The summed E-state index contributed by atoms with van der Waals surface area (Å²) in [5.74, 6) is 0.0480. The molecule has 0 spiro atoms.